The van der Waals surface area contributed by atoms with Crippen LogP contribution in [0.5, 0.6) is 0 Å². The topological polar surface area (TPSA) is 26.0 Å². The van der Waals surface area contributed by atoms with Crippen molar-refractivity contribution in [3.63, 3.8) is 0 Å². The number of aryl methyl sites for hydroxylation is 1. The summed E-state index contributed by atoms with van der Waals surface area (Å²) in [6.07, 6.45) is 0. The fourth-order valence-electron chi connectivity index (χ4n) is 0.896. The molecule has 0 aromatic heterocycles. The first-order chi connectivity index (χ1) is 4.72. The zero-order chi connectivity index (χ0) is 7.56. The molecule has 0 aliphatic heterocycles. The van der Waals surface area contributed by atoms with E-state index in [0.29, 0.717) is 0 Å². The Labute approximate surface area is 65.8 Å². The summed E-state index contributed by atoms with van der Waals surface area (Å²) in [6, 6.07) is 7.84. The highest BCUT2D eigenvalue weighted by molar-refractivity contribution is 6.20. The molecule has 1 aromatic carbocycles. The van der Waals surface area contributed by atoms with E-state index < -0.39 is 0 Å². The molecular formula is C8H10ClN. The minimum atomic E-state index is -0.374. The second-order valence-electron chi connectivity index (χ2n) is 2.26. The van der Waals surface area contributed by atoms with Crippen molar-refractivity contribution < 1.29 is 0 Å². The highest BCUT2D eigenvalue weighted by Crippen LogP contribution is 2.17. The average Bonchev–Trinajstić information content (AvgIpc) is 1.88. The molecule has 54 valence electrons. The van der Waals surface area contributed by atoms with Crippen LogP contribution in [0.1, 0.15) is 16.6 Å². The maximum atomic E-state index is 5.69. The molecule has 0 radical (unpaired) electrons. The van der Waals surface area contributed by atoms with Crippen molar-refractivity contribution in [3.8, 4) is 0 Å². The first-order valence-corrected chi connectivity index (χ1v) is 3.60. The van der Waals surface area contributed by atoms with Crippen LogP contribution in [0.4, 0.5) is 0 Å². The van der Waals surface area contributed by atoms with Crippen molar-refractivity contribution in [1.29, 1.82) is 0 Å². The minimum absolute atomic E-state index is 0.374. The Hall–Kier alpha value is -0.530. The molecule has 0 amide bonds. The van der Waals surface area contributed by atoms with Crippen LogP contribution in [0, 0.1) is 6.92 Å². The summed E-state index contributed by atoms with van der Waals surface area (Å²) in [6.45, 7) is 2.00. The third kappa shape index (κ3) is 1.49. The molecule has 1 atom stereocenters. The lowest BCUT2D eigenvalue weighted by Gasteiger charge is -2.05. The summed E-state index contributed by atoms with van der Waals surface area (Å²) in [5.74, 6) is 0. The van der Waals surface area contributed by atoms with Crippen molar-refractivity contribution in [3.05, 3.63) is 35.4 Å². The molecule has 0 spiro atoms. The van der Waals surface area contributed by atoms with Crippen molar-refractivity contribution in [2.45, 2.75) is 12.4 Å². The predicted octanol–water partition coefficient (Wildman–Crippen LogP) is 2.19. The van der Waals surface area contributed by atoms with E-state index in [4.69, 9.17) is 17.3 Å². The Morgan fingerprint density at radius 3 is 2.40 bits per heavy atom. The van der Waals surface area contributed by atoms with Crippen LogP contribution in [0.15, 0.2) is 24.3 Å². The van der Waals surface area contributed by atoms with Gasteiger partial charge in [-0.3, -0.25) is 0 Å². The van der Waals surface area contributed by atoms with Crippen LogP contribution < -0.4 is 5.73 Å². The SMILES string of the molecule is Cc1ccccc1C(N)Cl. The van der Waals surface area contributed by atoms with Crippen molar-refractivity contribution in [1.82, 2.24) is 0 Å². The lowest BCUT2D eigenvalue weighted by molar-refractivity contribution is 1.00. The summed E-state index contributed by atoms with van der Waals surface area (Å²) in [5.41, 5.74) is 7.25. The van der Waals surface area contributed by atoms with Gasteiger partial charge in [-0.2, -0.15) is 0 Å². The summed E-state index contributed by atoms with van der Waals surface area (Å²) in [7, 11) is 0. The molecule has 0 fully saturated rings. The van der Waals surface area contributed by atoms with E-state index in [1.807, 2.05) is 31.2 Å². The van der Waals surface area contributed by atoms with Crippen LogP contribution in [-0.2, 0) is 0 Å². The molecule has 1 rings (SSSR count). The van der Waals surface area contributed by atoms with Crippen LogP contribution >= 0.6 is 11.6 Å². The van der Waals surface area contributed by atoms with E-state index in [-0.39, 0.29) is 5.50 Å². The number of hydrogen-bond donors (Lipinski definition) is 1. The van der Waals surface area contributed by atoms with Gasteiger partial charge in [-0.15, -0.1) is 11.6 Å². The van der Waals surface area contributed by atoms with Crippen LogP contribution in [0.2, 0.25) is 0 Å². The number of rotatable bonds is 1. The normalized spacial score (nSPS) is 13.1. The Kier molecular flexibility index (Phi) is 2.30. The van der Waals surface area contributed by atoms with Crippen molar-refractivity contribution >= 4 is 11.6 Å². The summed E-state index contributed by atoms with van der Waals surface area (Å²) in [4.78, 5) is 0. The number of halogens is 1. The molecule has 1 nitrogen and oxygen atoms in total. The molecule has 10 heavy (non-hydrogen) atoms. The molecule has 1 unspecified atom stereocenters. The highest BCUT2D eigenvalue weighted by Gasteiger charge is 2.01. The lowest BCUT2D eigenvalue weighted by Crippen LogP contribution is -2.03. The van der Waals surface area contributed by atoms with Crippen LogP contribution in [0.3, 0.4) is 0 Å². The zero-order valence-electron chi connectivity index (χ0n) is 5.84. The fraction of sp³-hybridized carbons (Fsp3) is 0.250. The van der Waals surface area contributed by atoms with Gasteiger partial charge in [0, 0.05) is 0 Å². The first-order valence-electron chi connectivity index (χ1n) is 3.17. The number of hydrogen-bond acceptors (Lipinski definition) is 1. The minimum Gasteiger partial charge on any atom is -0.312 e. The molecule has 0 saturated heterocycles. The Morgan fingerprint density at radius 1 is 1.40 bits per heavy atom. The largest absolute Gasteiger partial charge is 0.312 e. The van der Waals surface area contributed by atoms with Gasteiger partial charge < -0.3 is 5.73 Å². The molecule has 2 N–H and O–H groups in total. The van der Waals surface area contributed by atoms with Gasteiger partial charge in [-0.1, -0.05) is 24.3 Å². The molecule has 0 bridgehead atoms. The van der Waals surface area contributed by atoms with Gasteiger partial charge in [0.25, 0.3) is 0 Å². The Bertz CT molecular complexity index is 220. The summed E-state index contributed by atoms with van der Waals surface area (Å²) in [5, 5.41) is 0. The number of benzene rings is 1. The maximum absolute atomic E-state index is 5.69. The fourth-order valence-corrected chi connectivity index (χ4v) is 1.14. The monoisotopic (exact) mass is 155 g/mol. The second-order valence-corrected chi connectivity index (χ2v) is 2.73. The molecule has 0 heterocycles. The number of nitrogens with two attached hydrogens (primary N) is 1. The van der Waals surface area contributed by atoms with Crippen LogP contribution in [0.25, 0.3) is 0 Å². The quantitative estimate of drug-likeness (QED) is 0.488. The van der Waals surface area contributed by atoms with Gasteiger partial charge in [0.15, 0.2) is 0 Å². The Balaban J connectivity index is 3.03. The van der Waals surface area contributed by atoms with E-state index in [0.717, 1.165) is 11.1 Å². The lowest BCUT2D eigenvalue weighted by atomic mass is 10.1. The van der Waals surface area contributed by atoms with Crippen molar-refractivity contribution in [2.24, 2.45) is 5.73 Å². The smallest absolute Gasteiger partial charge is 0.106 e. The third-order valence-corrected chi connectivity index (χ3v) is 1.72. The molecule has 0 saturated carbocycles. The standard InChI is InChI=1S/C8H10ClN/c1-6-4-2-3-5-7(6)8(9)10/h2-5,8H,10H2,1H3. The average molecular weight is 156 g/mol. The van der Waals surface area contributed by atoms with E-state index in [9.17, 15) is 0 Å². The van der Waals surface area contributed by atoms with Gasteiger partial charge in [-0.25, -0.2) is 0 Å². The van der Waals surface area contributed by atoms with E-state index in [1.54, 1.807) is 0 Å². The van der Waals surface area contributed by atoms with Gasteiger partial charge in [0.2, 0.25) is 0 Å². The molecule has 2 heteroatoms. The van der Waals surface area contributed by atoms with Crippen LogP contribution in [-0.4, -0.2) is 0 Å². The molecule has 0 aliphatic rings. The summed E-state index contributed by atoms with van der Waals surface area (Å²) >= 11 is 5.69. The predicted molar refractivity (Wildman–Crippen MR) is 44.0 cm³/mol. The van der Waals surface area contributed by atoms with E-state index in [1.165, 1.54) is 0 Å². The third-order valence-electron chi connectivity index (χ3n) is 1.49. The molecule has 0 aliphatic carbocycles. The second kappa shape index (κ2) is 3.04. The molecule has 1 aromatic rings. The van der Waals surface area contributed by atoms with Gasteiger partial charge in [-0.05, 0) is 18.1 Å². The maximum Gasteiger partial charge on any atom is 0.106 e. The Morgan fingerprint density at radius 2 is 2.00 bits per heavy atom. The number of alkyl halides is 1. The van der Waals surface area contributed by atoms with E-state index in [2.05, 4.69) is 0 Å². The van der Waals surface area contributed by atoms with Crippen molar-refractivity contribution in [2.75, 3.05) is 0 Å². The van der Waals surface area contributed by atoms with E-state index >= 15 is 0 Å². The summed E-state index contributed by atoms with van der Waals surface area (Å²) < 4.78 is 0. The van der Waals surface area contributed by atoms with Gasteiger partial charge >= 0.3 is 0 Å². The first kappa shape index (κ1) is 7.58. The molecular weight excluding hydrogens is 146 g/mol. The zero-order valence-corrected chi connectivity index (χ0v) is 6.60. The van der Waals surface area contributed by atoms with Gasteiger partial charge in [0.1, 0.15) is 5.50 Å². The highest BCUT2D eigenvalue weighted by atomic mass is 35.5. The van der Waals surface area contributed by atoms with Gasteiger partial charge in [0.05, 0.1) is 0 Å².